The van der Waals surface area contributed by atoms with Crippen LogP contribution < -0.4 is 20.9 Å². The zero-order valence-electron chi connectivity index (χ0n) is 16.5. The zero-order valence-corrected chi connectivity index (χ0v) is 18.1. The molecule has 0 fully saturated rings. The summed E-state index contributed by atoms with van der Waals surface area (Å²) in [5.74, 6) is -2.33. The summed E-state index contributed by atoms with van der Waals surface area (Å²) >= 11 is 0. The summed E-state index contributed by atoms with van der Waals surface area (Å²) in [7, 11) is -9.90. The van der Waals surface area contributed by atoms with Gasteiger partial charge in [0.05, 0.1) is 11.3 Å². The Bertz CT molecular complexity index is 1690. The molecule has 4 rings (SSSR count). The molecule has 5 N–H and O–H groups in total. The molecule has 33 heavy (non-hydrogen) atoms. The second-order valence-corrected chi connectivity index (χ2v) is 9.79. The number of rotatable bonds is 4. The molecule has 0 aliphatic carbocycles. The van der Waals surface area contributed by atoms with Gasteiger partial charge in [-0.3, -0.25) is 9.11 Å². The minimum absolute atomic E-state index is 0.0242. The summed E-state index contributed by atoms with van der Waals surface area (Å²) in [5, 5.41) is 9.58. The minimum atomic E-state index is -4.98. The Morgan fingerprint density at radius 1 is 0.848 bits per heavy atom. The van der Waals surface area contributed by atoms with Gasteiger partial charge in [0.2, 0.25) is 0 Å². The lowest BCUT2D eigenvalue weighted by Crippen LogP contribution is -2.26. The van der Waals surface area contributed by atoms with Crippen molar-refractivity contribution in [2.75, 3.05) is 5.73 Å². The Hall–Kier alpha value is -3.71. The third kappa shape index (κ3) is 3.64. The number of ether oxygens (including phenoxy) is 1. The van der Waals surface area contributed by atoms with Crippen LogP contribution in [-0.2, 0) is 20.2 Å². The monoisotopic (exact) mass is 489 g/mol. The molecule has 1 aliphatic heterocycles. The molecule has 0 saturated heterocycles. The summed E-state index contributed by atoms with van der Waals surface area (Å²) in [6.07, 6.45) is 0. The number of anilines is 1. The van der Waals surface area contributed by atoms with Gasteiger partial charge in [-0.15, -0.1) is 0 Å². The van der Waals surface area contributed by atoms with Crippen molar-refractivity contribution in [2.45, 2.75) is 9.79 Å². The van der Waals surface area contributed by atoms with E-state index in [0.29, 0.717) is 0 Å². The van der Waals surface area contributed by atoms with Crippen LogP contribution in [0.15, 0.2) is 58.3 Å². The molecule has 0 atom stereocenters. The maximum Gasteiger partial charge on any atom is 0.336 e. The van der Waals surface area contributed by atoms with Crippen molar-refractivity contribution in [3.8, 4) is 11.5 Å². The number of carboxylic acid groups (broad SMARTS) is 1. The van der Waals surface area contributed by atoms with Crippen molar-refractivity contribution < 1.29 is 40.6 Å². The molecule has 3 aromatic carbocycles. The van der Waals surface area contributed by atoms with Crippen LogP contribution >= 0.6 is 0 Å². The molecule has 12 heteroatoms. The normalized spacial score (nSPS) is 13.1. The first-order chi connectivity index (χ1) is 15.3. The van der Waals surface area contributed by atoms with E-state index in [9.17, 15) is 35.8 Å². The highest BCUT2D eigenvalue weighted by atomic mass is 32.2. The quantitative estimate of drug-likeness (QED) is 0.240. The highest BCUT2D eigenvalue weighted by Crippen LogP contribution is 2.44. The van der Waals surface area contributed by atoms with E-state index in [2.05, 4.69) is 6.58 Å². The van der Waals surface area contributed by atoms with Crippen molar-refractivity contribution in [3.05, 3.63) is 75.7 Å². The average molecular weight is 489 g/mol. The van der Waals surface area contributed by atoms with Crippen LogP contribution in [0.3, 0.4) is 0 Å². The van der Waals surface area contributed by atoms with Gasteiger partial charge in [-0.25, -0.2) is 4.79 Å². The van der Waals surface area contributed by atoms with Crippen molar-refractivity contribution in [3.63, 3.8) is 0 Å². The summed E-state index contributed by atoms with van der Waals surface area (Å²) in [5.41, 5.74) is 5.39. The van der Waals surface area contributed by atoms with Gasteiger partial charge < -0.3 is 15.6 Å². The predicted molar refractivity (Wildman–Crippen MR) is 117 cm³/mol. The topological polar surface area (TPSA) is 181 Å². The Balaban J connectivity index is 2.33. The van der Waals surface area contributed by atoms with E-state index in [0.717, 1.165) is 0 Å². The van der Waals surface area contributed by atoms with E-state index in [1.165, 1.54) is 48.5 Å². The second-order valence-electron chi connectivity index (χ2n) is 7.07. The Labute approximate surface area is 187 Å². The standard InChI is InChI=1S/C21H15NO9S2/c1-10-6-7-13-16(11-4-2-3-5-12(11)21(23)24)14-8-9-15(22)20(33(28,29)30)18(14)31-17(13)19(10)32(25,26)27/h2-9H,1,22H2,(H,23,24)(H,25,26,27)(H,28,29,30). The van der Waals surface area contributed by atoms with Gasteiger partial charge in [0.15, 0.2) is 16.4 Å². The van der Waals surface area contributed by atoms with Crippen molar-refractivity contribution in [1.29, 1.82) is 0 Å². The van der Waals surface area contributed by atoms with E-state index >= 15 is 0 Å². The van der Waals surface area contributed by atoms with Crippen LogP contribution in [0.2, 0.25) is 0 Å². The molecule has 0 amide bonds. The van der Waals surface area contributed by atoms with Crippen LogP contribution in [-0.4, -0.2) is 37.0 Å². The van der Waals surface area contributed by atoms with Gasteiger partial charge >= 0.3 is 5.97 Å². The number of carboxylic acids is 1. The maximum atomic E-state index is 12.1. The second kappa shape index (κ2) is 7.42. The lowest BCUT2D eigenvalue weighted by molar-refractivity contribution is 0.0696. The first kappa shape index (κ1) is 22.5. The van der Waals surface area contributed by atoms with Gasteiger partial charge in [0, 0.05) is 16.4 Å². The third-order valence-corrected chi connectivity index (χ3v) is 6.92. The van der Waals surface area contributed by atoms with E-state index in [-0.39, 0.29) is 32.7 Å². The smallest absolute Gasteiger partial charge is 0.336 e. The summed E-state index contributed by atoms with van der Waals surface area (Å²) < 4.78 is 73.8. The van der Waals surface area contributed by atoms with Crippen molar-refractivity contribution >= 4 is 44.0 Å². The molecule has 1 heterocycles. The molecule has 170 valence electrons. The molecule has 0 bridgehead atoms. The molecule has 1 aliphatic rings. The van der Waals surface area contributed by atoms with Crippen LogP contribution in [0.1, 0.15) is 21.5 Å². The fourth-order valence-corrected chi connectivity index (χ4v) is 5.29. The number of aromatic carboxylic acids is 1. The number of benzene rings is 3. The van der Waals surface area contributed by atoms with Crippen LogP contribution in [0.5, 0.6) is 11.5 Å². The highest BCUT2D eigenvalue weighted by molar-refractivity contribution is 7.86. The highest BCUT2D eigenvalue weighted by Gasteiger charge is 2.33. The fourth-order valence-electron chi connectivity index (χ4n) is 3.75. The van der Waals surface area contributed by atoms with Crippen molar-refractivity contribution in [1.82, 2.24) is 0 Å². The number of nitrogens with two attached hydrogens (primary N) is 1. The molecule has 0 aromatic heterocycles. The van der Waals surface area contributed by atoms with Crippen LogP contribution in [0.25, 0.3) is 12.2 Å². The number of hydrogen-bond acceptors (Lipinski definition) is 7. The Morgan fingerprint density at radius 3 is 2.09 bits per heavy atom. The lowest BCUT2D eigenvalue weighted by atomic mass is 9.89. The first-order valence-electron chi connectivity index (χ1n) is 9.07. The summed E-state index contributed by atoms with van der Waals surface area (Å²) in [6, 6.07) is 11.0. The number of carbonyl (C=O) groups is 1. The lowest BCUT2D eigenvalue weighted by Gasteiger charge is -2.25. The third-order valence-electron chi connectivity index (χ3n) is 5.02. The number of hydrogen-bond donors (Lipinski definition) is 4. The molecule has 0 saturated carbocycles. The van der Waals surface area contributed by atoms with Crippen molar-refractivity contribution in [2.24, 2.45) is 0 Å². The van der Waals surface area contributed by atoms with Gasteiger partial charge in [0.1, 0.15) is 4.90 Å². The molecular weight excluding hydrogens is 474 g/mol. The molecule has 3 aromatic rings. The molecule has 10 nitrogen and oxygen atoms in total. The number of fused-ring (bicyclic) bond motifs is 2. The van der Waals surface area contributed by atoms with E-state index in [4.69, 9.17) is 10.5 Å². The van der Waals surface area contributed by atoms with Gasteiger partial charge in [-0.2, -0.15) is 16.8 Å². The Kier molecular flexibility index (Phi) is 5.05. The summed E-state index contributed by atoms with van der Waals surface area (Å²) in [6.45, 7) is 3.57. The molecule has 0 unspecified atom stereocenters. The van der Waals surface area contributed by atoms with Crippen LogP contribution in [0.4, 0.5) is 5.69 Å². The molecule has 0 spiro atoms. The van der Waals surface area contributed by atoms with Crippen LogP contribution in [0, 0.1) is 0 Å². The maximum absolute atomic E-state index is 12.1. The van der Waals surface area contributed by atoms with Gasteiger partial charge in [-0.05, 0) is 35.0 Å². The van der Waals surface area contributed by atoms with Gasteiger partial charge in [0.25, 0.3) is 20.2 Å². The number of nitrogen functional groups attached to an aromatic ring is 1. The zero-order chi connectivity index (χ0) is 24.3. The first-order valence-corrected chi connectivity index (χ1v) is 11.9. The average Bonchev–Trinajstić information content (AvgIpc) is 2.69. The molecule has 0 radical (unpaired) electrons. The van der Waals surface area contributed by atoms with E-state index in [1.54, 1.807) is 0 Å². The fraction of sp³-hybridized carbons (Fsp3) is 0. The largest absolute Gasteiger partial charge is 0.478 e. The molecular formula is C21H15NO9S2. The SMILES string of the molecule is C=c1ccc2c(c1S(=O)(=O)O)Oc1c(ccc(N)c1S(=O)(=O)O)C=2c1ccccc1C(=O)O. The van der Waals surface area contributed by atoms with Gasteiger partial charge in [-0.1, -0.05) is 30.8 Å². The summed E-state index contributed by atoms with van der Waals surface area (Å²) in [4.78, 5) is 10.3. The van der Waals surface area contributed by atoms with E-state index in [1.807, 2.05) is 0 Å². The Morgan fingerprint density at radius 2 is 1.48 bits per heavy atom. The predicted octanol–water partition coefficient (Wildman–Crippen LogP) is 1.22. The van der Waals surface area contributed by atoms with E-state index < -0.39 is 53.2 Å². The minimum Gasteiger partial charge on any atom is -0.478 e.